The van der Waals surface area contributed by atoms with Crippen LogP contribution in [0.3, 0.4) is 0 Å². The zero-order valence-corrected chi connectivity index (χ0v) is 24.7. The summed E-state index contributed by atoms with van der Waals surface area (Å²) in [7, 11) is -2.40. The van der Waals surface area contributed by atoms with Gasteiger partial charge in [-0.25, -0.2) is 13.4 Å². The maximum Gasteiger partial charge on any atom is 0.287 e. The quantitative estimate of drug-likeness (QED) is 0.142. The molecule has 1 aliphatic carbocycles. The Balaban J connectivity index is 1.30. The molecule has 1 aliphatic heterocycles. The van der Waals surface area contributed by atoms with Gasteiger partial charge in [-0.1, -0.05) is 6.42 Å². The van der Waals surface area contributed by atoms with E-state index in [-0.39, 0.29) is 55.1 Å². The number of anilines is 1. The van der Waals surface area contributed by atoms with Gasteiger partial charge < -0.3 is 30.0 Å². The number of aliphatic hydroxyl groups is 1. The summed E-state index contributed by atoms with van der Waals surface area (Å²) in [5, 5.41) is 26.1. The molecule has 1 aromatic carbocycles. The second-order valence-electron chi connectivity index (χ2n) is 10.2. The summed E-state index contributed by atoms with van der Waals surface area (Å²) >= 11 is 0. The Hall–Kier alpha value is -3.79. The van der Waals surface area contributed by atoms with Crippen molar-refractivity contribution in [3.05, 3.63) is 64.5 Å². The minimum atomic E-state index is -3.89. The van der Waals surface area contributed by atoms with Crippen molar-refractivity contribution in [2.24, 2.45) is 11.8 Å². The third kappa shape index (κ3) is 8.63. The number of benzene rings is 1. The first kappa shape index (κ1) is 32.1. The minimum Gasteiger partial charge on any atom is -0.497 e. The van der Waals surface area contributed by atoms with E-state index in [1.807, 2.05) is 6.08 Å². The van der Waals surface area contributed by atoms with Gasteiger partial charge in [-0.3, -0.25) is 14.9 Å². The molecule has 2 aromatic rings. The van der Waals surface area contributed by atoms with Crippen LogP contribution in [0.4, 0.5) is 11.5 Å². The maximum atomic E-state index is 13.2. The topological polar surface area (TPSA) is 182 Å². The van der Waals surface area contributed by atoms with Crippen LogP contribution in [0.2, 0.25) is 0 Å². The number of rotatable bonds is 16. The van der Waals surface area contributed by atoms with Crippen LogP contribution in [0.25, 0.3) is 0 Å². The van der Waals surface area contributed by atoms with Crippen LogP contribution >= 0.6 is 0 Å². The lowest BCUT2D eigenvalue weighted by molar-refractivity contribution is -0.385. The fraction of sp³-hybridized carbons (Fsp3) is 0.500. The Morgan fingerprint density at radius 3 is 2.56 bits per heavy atom. The van der Waals surface area contributed by atoms with Gasteiger partial charge in [0.25, 0.3) is 11.6 Å². The fourth-order valence-electron chi connectivity index (χ4n) is 4.84. The molecule has 2 heterocycles. The van der Waals surface area contributed by atoms with Gasteiger partial charge in [0.1, 0.15) is 17.8 Å². The van der Waals surface area contributed by atoms with Crippen molar-refractivity contribution < 1.29 is 37.5 Å². The highest BCUT2D eigenvalue weighted by molar-refractivity contribution is 7.89. The van der Waals surface area contributed by atoms with Crippen molar-refractivity contribution in [1.82, 2.24) is 14.6 Å². The average Bonchev–Trinajstić information content (AvgIpc) is 2.98. The summed E-state index contributed by atoms with van der Waals surface area (Å²) in [5.74, 6) is 1.23. The van der Waals surface area contributed by atoms with E-state index in [1.165, 1.54) is 31.4 Å². The molecular formula is C28H37N5O9S. The Morgan fingerprint density at radius 1 is 1.19 bits per heavy atom. The summed E-state index contributed by atoms with van der Waals surface area (Å²) in [5.41, 5.74) is -0.113. The number of aliphatic hydroxyl groups excluding tert-OH is 1. The molecule has 43 heavy (non-hydrogen) atoms. The Morgan fingerprint density at radius 2 is 1.95 bits per heavy atom. The number of nitrogens with one attached hydrogen (secondary N) is 2. The first-order valence-corrected chi connectivity index (χ1v) is 15.5. The van der Waals surface area contributed by atoms with Crippen LogP contribution in [0, 0.1) is 22.0 Å². The number of aromatic nitrogens is 1. The predicted molar refractivity (Wildman–Crippen MR) is 156 cm³/mol. The fourth-order valence-corrected chi connectivity index (χ4v) is 6.26. The smallest absolute Gasteiger partial charge is 0.287 e. The molecule has 2 aliphatic rings. The number of carbonyl (C=O) groups excluding carboxylic acids is 1. The van der Waals surface area contributed by atoms with Gasteiger partial charge >= 0.3 is 0 Å². The Labute approximate surface area is 250 Å². The van der Waals surface area contributed by atoms with Gasteiger partial charge in [0, 0.05) is 38.7 Å². The molecule has 234 valence electrons. The average molecular weight is 620 g/mol. The standard InChI is InChI=1S/C28H37N5O9S/c1-40-23-6-8-24(9-7-23)43(38,39)32(13-15-34)14-16-41-27-18-21(20-3-2-4-20)17-25(42-27)28(35)30-12-11-29-26-10-5-22(19-31-26)33(36)37/h5-10,17,19-21,27,34H,2-4,11-16,18H2,1H3,(H,29,31)(H,30,35)/t21-,27+/m1/s1. The summed E-state index contributed by atoms with van der Waals surface area (Å²) < 4.78 is 44.4. The molecular weight excluding hydrogens is 582 g/mol. The van der Waals surface area contributed by atoms with Crippen LogP contribution in [-0.2, 0) is 24.3 Å². The molecule has 3 N–H and O–H groups in total. The number of sulfonamides is 1. The first-order chi connectivity index (χ1) is 20.7. The van der Waals surface area contributed by atoms with Gasteiger partial charge in [0.15, 0.2) is 5.76 Å². The van der Waals surface area contributed by atoms with Crippen molar-refractivity contribution in [2.75, 3.05) is 51.8 Å². The molecule has 15 heteroatoms. The highest BCUT2D eigenvalue weighted by Crippen LogP contribution is 2.40. The highest BCUT2D eigenvalue weighted by Gasteiger charge is 2.35. The number of pyridine rings is 1. The number of hydrogen-bond donors (Lipinski definition) is 3. The van der Waals surface area contributed by atoms with Crippen molar-refractivity contribution in [2.45, 2.75) is 36.9 Å². The van der Waals surface area contributed by atoms with E-state index >= 15 is 0 Å². The second kappa shape index (κ2) is 15.1. The number of hydrogen-bond acceptors (Lipinski definition) is 11. The number of ether oxygens (including phenoxy) is 3. The number of nitrogens with zero attached hydrogens (tertiary/aromatic N) is 3. The molecule has 0 bridgehead atoms. The number of methoxy groups -OCH3 is 1. The number of amides is 1. The largest absolute Gasteiger partial charge is 0.497 e. The molecule has 0 radical (unpaired) electrons. The van der Waals surface area contributed by atoms with Crippen molar-refractivity contribution in [1.29, 1.82) is 0 Å². The third-order valence-electron chi connectivity index (χ3n) is 7.43. The molecule has 14 nitrogen and oxygen atoms in total. The van der Waals surface area contributed by atoms with Crippen molar-refractivity contribution in [3.63, 3.8) is 0 Å². The molecule has 0 saturated heterocycles. The summed E-state index contributed by atoms with van der Waals surface area (Å²) in [4.78, 5) is 27.2. The molecule has 0 unspecified atom stereocenters. The molecule has 1 saturated carbocycles. The van der Waals surface area contributed by atoms with Crippen molar-refractivity contribution >= 4 is 27.4 Å². The van der Waals surface area contributed by atoms with E-state index < -0.39 is 27.1 Å². The molecule has 1 fully saturated rings. The lowest BCUT2D eigenvalue weighted by Crippen LogP contribution is -2.39. The van der Waals surface area contributed by atoms with Crippen LogP contribution in [0.1, 0.15) is 25.7 Å². The molecule has 0 spiro atoms. The van der Waals surface area contributed by atoms with E-state index in [4.69, 9.17) is 14.2 Å². The zero-order valence-electron chi connectivity index (χ0n) is 23.9. The lowest BCUT2D eigenvalue weighted by Gasteiger charge is -2.37. The van der Waals surface area contributed by atoms with Gasteiger partial charge in [-0.15, -0.1) is 0 Å². The summed E-state index contributed by atoms with van der Waals surface area (Å²) in [6.07, 6.45) is 6.04. The van der Waals surface area contributed by atoms with E-state index in [2.05, 4.69) is 15.6 Å². The SMILES string of the molecule is COc1ccc(S(=O)(=O)N(CCO)CCO[C@@H]2C[C@H](C3CCC3)C=C(C(=O)NCCNc3ccc([N+](=O)[O-])cn3)O2)cc1. The number of nitro groups is 1. The lowest BCUT2D eigenvalue weighted by atomic mass is 9.73. The van der Waals surface area contributed by atoms with Crippen LogP contribution in [0.15, 0.2) is 59.3 Å². The Bertz CT molecular complexity index is 1370. The number of carbonyl (C=O) groups is 1. The van der Waals surface area contributed by atoms with E-state index in [9.17, 15) is 28.4 Å². The molecule has 2 atom stereocenters. The maximum absolute atomic E-state index is 13.2. The highest BCUT2D eigenvalue weighted by atomic mass is 32.2. The Kier molecular flexibility index (Phi) is 11.3. The molecule has 1 aromatic heterocycles. The summed E-state index contributed by atoms with van der Waals surface area (Å²) in [6, 6.07) is 8.83. The molecule has 1 amide bonds. The van der Waals surface area contributed by atoms with Crippen LogP contribution in [0.5, 0.6) is 5.75 Å². The van der Waals surface area contributed by atoms with Gasteiger partial charge in [0.2, 0.25) is 16.3 Å². The van der Waals surface area contributed by atoms with Gasteiger partial charge in [-0.2, -0.15) is 4.31 Å². The third-order valence-corrected chi connectivity index (χ3v) is 9.35. The zero-order chi connectivity index (χ0) is 30.8. The van der Waals surface area contributed by atoms with Crippen molar-refractivity contribution in [3.8, 4) is 5.75 Å². The van der Waals surface area contributed by atoms with E-state index in [1.54, 1.807) is 12.1 Å². The van der Waals surface area contributed by atoms with Crippen LogP contribution < -0.4 is 15.4 Å². The first-order valence-electron chi connectivity index (χ1n) is 14.1. The van der Waals surface area contributed by atoms with Gasteiger partial charge in [0.05, 0.1) is 30.1 Å². The van der Waals surface area contributed by atoms with Crippen LogP contribution in [-0.4, -0.2) is 86.4 Å². The molecule has 4 rings (SSSR count). The normalized spacial score (nSPS) is 18.7. The monoisotopic (exact) mass is 619 g/mol. The van der Waals surface area contributed by atoms with E-state index in [0.29, 0.717) is 30.5 Å². The van der Waals surface area contributed by atoms with Gasteiger partial charge in [-0.05, 0) is 61.1 Å². The predicted octanol–water partition coefficient (Wildman–Crippen LogP) is 2.27. The summed E-state index contributed by atoms with van der Waals surface area (Å²) in [6.45, 7) is 0.0947. The van der Waals surface area contributed by atoms with E-state index in [0.717, 1.165) is 29.8 Å². The minimum absolute atomic E-state index is 0.00149. The second-order valence-corrected chi connectivity index (χ2v) is 12.1. The number of allylic oxidation sites excluding steroid dienone is 1.